The smallest absolute Gasteiger partial charge is 0.200 e. The molecule has 3 aromatic rings. The van der Waals surface area contributed by atoms with Gasteiger partial charge in [0.1, 0.15) is 0 Å². The zero-order valence-electron chi connectivity index (χ0n) is 8.92. The predicted molar refractivity (Wildman–Crippen MR) is 70.6 cm³/mol. The molecule has 0 unspecified atom stereocenters. The molecule has 3 rings (SSSR count). The normalized spacial score (nSPS) is 10.9. The molecule has 86 valence electrons. The Balaban J connectivity index is 2.30. The van der Waals surface area contributed by atoms with Gasteiger partial charge in [0.2, 0.25) is 5.88 Å². The summed E-state index contributed by atoms with van der Waals surface area (Å²) >= 11 is 5.06. The second-order valence-electron chi connectivity index (χ2n) is 3.39. The number of fused-ring (bicyclic) bond motifs is 1. The van der Waals surface area contributed by atoms with Gasteiger partial charge in [-0.25, -0.2) is 4.40 Å². The molecule has 0 aliphatic rings. The highest BCUT2D eigenvalue weighted by Gasteiger charge is 2.13. The SMILES string of the molecule is COc1cccc2nnc(-c3ccc(Br)s3)n12. The molecule has 0 spiro atoms. The number of ether oxygens (including phenoxy) is 1. The van der Waals surface area contributed by atoms with Crippen LogP contribution < -0.4 is 4.74 Å². The van der Waals surface area contributed by atoms with Gasteiger partial charge in [-0.05, 0) is 40.2 Å². The highest BCUT2D eigenvalue weighted by Crippen LogP contribution is 2.31. The maximum absolute atomic E-state index is 5.33. The van der Waals surface area contributed by atoms with Gasteiger partial charge in [0.25, 0.3) is 0 Å². The summed E-state index contributed by atoms with van der Waals surface area (Å²) < 4.78 is 8.30. The molecule has 0 aromatic carbocycles. The van der Waals surface area contributed by atoms with Crippen LogP contribution >= 0.6 is 27.3 Å². The number of thiophene rings is 1. The zero-order valence-corrected chi connectivity index (χ0v) is 11.3. The lowest BCUT2D eigenvalue weighted by Crippen LogP contribution is -1.94. The van der Waals surface area contributed by atoms with Crippen LogP contribution in [0.1, 0.15) is 0 Å². The van der Waals surface area contributed by atoms with Crippen LogP contribution in [-0.4, -0.2) is 21.7 Å². The van der Waals surface area contributed by atoms with Crippen LogP contribution in [0.4, 0.5) is 0 Å². The fourth-order valence-electron chi connectivity index (χ4n) is 1.67. The van der Waals surface area contributed by atoms with Gasteiger partial charge in [-0.15, -0.1) is 21.5 Å². The lowest BCUT2D eigenvalue weighted by Gasteiger charge is -2.04. The molecule has 0 N–H and O–H groups in total. The fourth-order valence-corrected chi connectivity index (χ4v) is 3.03. The van der Waals surface area contributed by atoms with Crippen molar-refractivity contribution in [2.24, 2.45) is 0 Å². The van der Waals surface area contributed by atoms with E-state index < -0.39 is 0 Å². The summed E-state index contributed by atoms with van der Waals surface area (Å²) in [5, 5.41) is 8.35. The largest absolute Gasteiger partial charge is 0.482 e. The number of methoxy groups -OCH3 is 1. The van der Waals surface area contributed by atoms with Gasteiger partial charge in [0.05, 0.1) is 15.8 Å². The van der Waals surface area contributed by atoms with Gasteiger partial charge in [-0.1, -0.05) is 6.07 Å². The molecule has 3 heterocycles. The second kappa shape index (κ2) is 4.12. The van der Waals surface area contributed by atoms with Gasteiger partial charge in [-0.2, -0.15) is 0 Å². The third-order valence-corrected chi connectivity index (χ3v) is 4.01. The second-order valence-corrected chi connectivity index (χ2v) is 5.85. The van der Waals surface area contributed by atoms with Gasteiger partial charge in [0.15, 0.2) is 11.5 Å². The number of nitrogens with zero attached hydrogens (tertiary/aromatic N) is 3. The Labute approximate surface area is 110 Å². The van der Waals surface area contributed by atoms with Crippen LogP contribution in [-0.2, 0) is 0 Å². The van der Waals surface area contributed by atoms with E-state index in [4.69, 9.17) is 4.74 Å². The maximum atomic E-state index is 5.33. The van der Waals surface area contributed by atoms with Crippen molar-refractivity contribution in [1.29, 1.82) is 0 Å². The molecule has 0 aliphatic heterocycles. The summed E-state index contributed by atoms with van der Waals surface area (Å²) in [6.07, 6.45) is 0. The Kier molecular flexibility index (Phi) is 2.60. The molecule has 6 heteroatoms. The highest BCUT2D eigenvalue weighted by molar-refractivity contribution is 9.11. The Morgan fingerprint density at radius 3 is 2.82 bits per heavy atom. The van der Waals surface area contributed by atoms with Crippen molar-refractivity contribution < 1.29 is 4.74 Å². The lowest BCUT2D eigenvalue weighted by atomic mass is 10.4. The van der Waals surface area contributed by atoms with E-state index >= 15 is 0 Å². The van der Waals surface area contributed by atoms with Crippen molar-refractivity contribution >= 4 is 32.9 Å². The summed E-state index contributed by atoms with van der Waals surface area (Å²) in [6, 6.07) is 9.70. The molecule has 0 bridgehead atoms. The van der Waals surface area contributed by atoms with Crippen LogP contribution in [0, 0.1) is 0 Å². The molecule has 17 heavy (non-hydrogen) atoms. The quantitative estimate of drug-likeness (QED) is 0.729. The van der Waals surface area contributed by atoms with Crippen LogP contribution in [0.15, 0.2) is 34.1 Å². The van der Waals surface area contributed by atoms with Gasteiger partial charge < -0.3 is 4.74 Å². The minimum Gasteiger partial charge on any atom is -0.482 e. The molecule has 0 saturated heterocycles. The third-order valence-electron chi connectivity index (χ3n) is 2.40. The molecular weight excluding hydrogens is 302 g/mol. The molecule has 4 nitrogen and oxygen atoms in total. The third kappa shape index (κ3) is 1.73. The molecular formula is C11H8BrN3OS. The molecule has 0 fully saturated rings. The first kappa shape index (κ1) is 10.7. The first-order chi connectivity index (χ1) is 8.29. The van der Waals surface area contributed by atoms with E-state index in [0.29, 0.717) is 0 Å². The summed E-state index contributed by atoms with van der Waals surface area (Å²) in [5.74, 6) is 1.53. The molecule has 0 radical (unpaired) electrons. The number of rotatable bonds is 2. The topological polar surface area (TPSA) is 39.4 Å². The van der Waals surface area contributed by atoms with E-state index in [1.165, 1.54) is 0 Å². The van der Waals surface area contributed by atoms with Gasteiger partial charge >= 0.3 is 0 Å². The van der Waals surface area contributed by atoms with E-state index in [2.05, 4.69) is 26.1 Å². The van der Waals surface area contributed by atoms with Crippen LogP contribution in [0.5, 0.6) is 5.88 Å². The Hall–Kier alpha value is -1.40. The maximum Gasteiger partial charge on any atom is 0.200 e. The minimum absolute atomic E-state index is 0.729. The van der Waals surface area contributed by atoms with Gasteiger partial charge in [-0.3, -0.25) is 0 Å². The average Bonchev–Trinajstić information content (AvgIpc) is 2.94. The van der Waals surface area contributed by atoms with Crippen LogP contribution in [0.3, 0.4) is 0 Å². The summed E-state index contributed by atoms with van der Waals surface area (Å²) in [5.41, 5.74) is 0.781. The molecule has 0 saturated carbocycles. The Morgan fingerprint density at radius 2 is 2.12 bits per heavy atom. The van der Waals surface area contributed by atoms with Crippen molar-refractivity contribution in [3.05, 3.63) is 34.1 Å². The van der Waals surface area contributed by atoms with E-state index in [9.17, 15) is 0 Å². The summed E-state index contributed by atoms with van der Waals surface area (Å²) in [6.45, 7) is 0. The summed E-state index contributed by atoms with van der Waals surface area (Å²) in [7, 11) is 1.64. The number of pyridine rings is 1. The lowest BCUT2D eigenvalue weighted by molar-refractivity contribution is 0.393. The van der Waals surface area contributed by atoms with Crippen molar-refractivity contribution in [2.45, 2.75) is 0 Å². The molecule has 0 atom stereocenters. The zero-order chi connectivity index (χ0) is 11.8. The van der Waals surface area contributed by atoms with Crippen LogP contribution in [0.2, 0.25) is 0 Å². The molecule has 3 aromatic heterocycles. The Bertz CT molecular complexity index is 676. The first-order valence-electron chi connectivity index (χ1n) is 4.93. The van der Waals surface area contributed by atoms with E-state index in [0.717, 1.165) is 26.0 Å². The molecule has 0 amide bonds. The minimum atomic E-state index is 0.729. The number of hydrogen-bond acceptors (Lipinski definition) is 4. The highest BCUT2D eigenvalue weighted by atomic mass is 79.9. The average molecular weight is 310 g/mol. The van der Waals surface area contributed by atoms with Crippen LogP contribution in [0.25, 0.3) is 16.3 Å². The van der Waals surface area contributed by atoms with Crippen molar-refractivity contribution in [3.63, 3.8) is 0 Å². The summed E-state index contributed by atoms with van der Waals surface area (Å²) in [4.78, 5) is 1.05. The Morgan fingerprint density at radius 1 is 1.24 bits per heavy atom. The monoisotopic (exact) mass is 309 g/mol. The first-order valence-corrected chi connectivity index (χ1v) is 6.54. The van der Waals surface area contributed by atoms with E-state index in [1.807, 2.05) is 34.7 Å². The standard InChI is InChI=1S/C11H8BrN3OS/c1-16-10-4-2-3-9-13-14-11(15(9)10)7-5-6-8(12)17-7/h2-6H,1H3. The molecule has 0 aliphatic carbocycles. The van der Waals surface area contributed by atoms with E-state index in [1.54, 1.807) is 18.4 Å². The van der Waals surface area contributed by atoms with E-state index in [-0.39, 0.29) is 0 Å². The van der Waals surface area contributed by atoms with Crippen molar-refractivity contribution in [3.8, 4) is 16.6 Å². The number of aromatic nitrogens is 3. The van der Waals surface area contributed by atoms with Crippen molar-refractivity contribution in [1.82, 2.24) is 14.6 Å². The fraction of sp³-hybridized carbons (Fsp3) is 0.0909. The number of hydrogen-bond donors (Lipinski definition) is 0. The number of halogens is 1. The predicted octanol–water partition coefficient (Wildman–Crippen LogP) is 3.23. The van der Waals surface area contributed by atoms with Crippen molar-refractivity contribution in [2.75, 3.05) is 7.11 Å². The van der Waals surface area contributed by atoms with Gasteiger partial charge in [0, 0.05) is 0 Å².